The summed E-state index contributed by atoms with van der Waals surface area (Å²) in [6.07, 6.45) is 0.626. The number of nitrogens with zero attached hydrogens (tertiary/aromatic N) is 7. The van der Waals surface area contributed by atoms with Gasteiger partial charge in [-0.1, -0.05) is 0 Å². The Kier molecular flexibility index (Phi) is 5.63. The second kappa shape index (κ2) is 8.57. The number of guanidine groups is 2. The molecule has 1 unspecified atom stereocenters. The van der Waals surface area contributed by atoms with Crippen molar-refractivity contribution < 1.29 is 14.2 Å². The molecule has 0 radical (unpaired) electrons. The van der Waals surface area contributed by atoms with Gasteiger partial charge in [-0.2, -0.15) is 5.10 Å². The zero-order valence-corrected chi connectivity index (χ0v) is 17.9. The summed E-state index contributed by atoms with van der Waals surface area (Å²) in [6.45, 7) is 0. The molecule has 2 aromatic carbocycles. The van der Waals surface area contributed by atoms with Crippen molar-refractivity contribution in [1.82, 2.24) is 20.0 Å². The summed E-state index contributed by atoms with van der Waals surface area (Å²) in [5, 5.41) is 30.1. The second-order valence-electron chi connectivity index (χ2n) is 7.43. The van der Waals surface area contributed by atoms with Crippen molar-refractivity contribution in [3.8, 4) is 16.9 Å². The number of nitrogens with two attached hydrogens (primary N) is 1. The first-order chi connectivity index (χ1) is 16.1. The highest BCUT2D eigenvalue weighted by Crippen LogP contribution is 2.34. The monoisotopic (exact) mass is 467 g/mol. The summed E-state index contributed by atoms with van der Waals surface area (Å²) in [4.78, 5) is 31.8. The van der Waals surface area contributed by atoms with E-state index < -0.39 is 33.2 Å². The molecule has 14 heteroatoms. The van der Waals surface area contributed by atoms with Gasteiger partial charge in [0.15, 0.2) is 12.1 Å². The first-order valence-electron chi connectivity index (χ1n) is 9.78. The standard InChI is InChI=1S/C20H18FN9O4/c1-27(2)20-24-18(23-19(22)25-20)14-10-28(26-17(14)11-3-5-12(21)6-4-11)15-8-7-13(29(31)32)9-16(15)30(33)34/h3-10,18H,1-2H3,(H3,22,23,24,25). The molecular weight excluding hydrogens is 449 g/mol. The van der Waals surface area contributed by atoms with Gasteiger partial charge < -0.3 is 10.6 Å². The van der Waals surface area contributed by atoms with Crippen LogP contribution in [0.3, 0.4) is 0 Å². The highest BCUT2D eigenvalue weighted by Gasteiger charge is 2.27. The third kappa shape index (κ3) is 4.23. The highest BCUT2D eigenvalue weighted by atomic mass is 19.1. The summed E-state index contributed by atoms with van der Waals surface area (Å²) >= 11 is 0. The molecule has 0 amide bonds. The van der Waals surface area contributed by atoms with Gasteiger partial charge in [0.05, 0.1) is 15.9 Å². The number of nitro groups is 2. The number of non-ortho nitro benzene ring substituents is 1. The molecule has 1 atom stereocenters. The number of benzene rings is 2. The number of rotatable bonds is 5. The van der Waals surface area contributed by atoms with Crippen LogP contribution in [0.4, 0.5) is 15.8 Å². The van der Waals surface area contributed by atoms with Crippen LogP contribution < -0.4 is 11.1 Å². The van der Waals surface area contributed by atoms with Crippen LogP contribution in [0.2, 0.25) is 0 Å². The minimum Gasteiger partial charge on any atom is -0.370 e. The smallest absolute Gasteiger partial charge is 0.301 e. The average molecular weight is 467 g/mol. The van der Waals surface area contributed by atoms with Gasteiger partial charge in [0.1, 0.15) is 17.2 Å². The summed E-state index contributed by atoms with van der Waals surface area (Å²) in [7, 11) is 3.51. The van der Waals surface area contributed by atoms with Crippen LogP contribution >= 0.6 is 0 Å². The summed E-state index contributed by atoms with van der Waals surface area (Å²) in [5.41, 5.74) is 6.25. The van der Waals surface area contributed by atoms with E-state index in [1.54, 1.807) is 19.0 Å². The topological polar surface area (TPSA) is 170 Å². The van der Waals surface area contributed by atoms with Crippen LogP contribution in [-0.4, -0.2) is 50.5 Å². The molecule has 34 heavy (non-hydrogen) atoms. The lowest BCUT2D eigenvalue weighted by Gasteiger charge is -2.23. The zero-order chi connectivity index (χ0) is 24.6. The quantitative estimate of drug-likeness (QED) is 0.425. The normalized spacial score (nSPS) is 15.2. The fraction of sp³-hybridized carbons (Fsp3) is 0.150. The van der Waals surface area contributed by atoms with E-state index in [0.717, 1.165) is 12.1 Å². The third-order valence-corrected chi connectivity index (χ3v) is 4.92. The number of aromatic nitrogens is 2. The molecule has 2 heterocycles. The van der Waals surface area contributed by atoms with Crippen molar-refractivity contribution in [2.45, 2.75) is 6.17 Å². The largest absolute Gasteiger partial charge is 0.370 e. The van der Waals surface area contributed by atoms with Crippen molar-refractivity contribution in [1.29, 1.82) is 0 Å². The fourth-order valence-electron chi connectivity index (χ4n) is 3.32. The maximum Gasteiger partial charge on any atom is 0.301 e. The molecule has 13 nitrogen and oxygen atoms in total. The Morgan fingerprint density at radius 1 is 1.09 bits per heavy atom. The molecular formula is C20H18FN9O4. The van der Waals surface area contributed by atoms with Gasteiger partial charge in [0.25, 0.3) is 5.69 Å². The Hall–Kier alpha value is -4.88. The first kappa shape index (κ1) is 22.3. The van der Waals surface area contributed by atoms with Crippen molar-refractivity contribution in [3.63, 3.8) is 0 Å². The van der Waals surface area contributed by atoms with Gasteiger partial charge in [-0.25, -0.2) is 19.1 Å². The third-order valence-electron chi connectivity index (χ3n) is 4.92. The average Bonchev–Trinajstić information content (AvgIpc) is 3.24. The number of hydrogen-bond acceptors (Lipinski definition) is 10. The van der Waals surface area contributed by atoms with Gasteiger partial charge in [-0.05, 0) is 30.3 Å². The molecule has 1 aromatic heterocycles. The molecule has 0 aliphatic carbocycles. The molecule has 0 saturated heterocycles. The molecule has 0 bridgehead atoms. The van der Waals surface area contributed by atoms with E-state index in [1.807, 2.05) is 0 Å². The SMILES string of the molecule is CN(C)C1=NC(c2cn(-c3ccc([N+](=O)[O-])cc3[N+](=O)[O-])nc2-c2ccc(F)cc2)N=C(N)N1. The minimum atomic E-state index is -0.857. The molecule has 3 aromatic rings. The zero-order valence-electron chi connectivity index (χ0n) is 17.9. The number of halogens is 1. The van der Waals surface area contributed by atoms with Crippen LogP contribution in [0.1, 0.15) is 11.7 Å². The fourth-order valence-corrected chi connectivity index (χ4v) is 3.32. The lowest BCUT2D eigenvalue weighted by Crippen LogP contribution is -2.46. The lowest BCUT2D eigenvalue weighted by atomic mass is 10.1. The van der Waals surface area contributed by atoms with Crippen molar-refractivity contribution in [3.05, 3.63) is 80.3 Å². The van der Waals surface area contributed by atoms with Crippen molar-refractivity contribution in [2.24, 2.45) is 15.7 Å². The van der Waals surface area contributed by atoms with Gasteiger partial charge in [-0.15, -0.1) is 0 Å². The molecule has 174 valence electrons. The maximum absolute atomic E-state index is 13.5. The second-order valence-corrected chi connectivity index (χ2v) is 7.43. The van der Waals surface area contributed by atoms with Crippen LogP contribution in [0, 0.1) is 26.0 Å². The predicted octanol–water partition coefficient (Wildman–Crippen LogP) is 2.33. The molecule has 0 spiro atoms. The summed E-state index contributed by atoms with van der Waals surface area (Å²) in [5.74, 6) is 0.0761. The number of nitrogens with one attached hydrogen (secondary N) is 1. The molecule has 1 aliphatic heterocycles. The van der Waals surface area contributed by atoms with E-state index in [1.165, 1.54) is 41.2 Å². The number of hydrogen-bond donors (Lipinski definition) is 2. The van der Waals surface area contributed by atoms with Crippen LogP contribution in [-0.2, 0) is 0 Å². The molecule has 4 rings (SSSR count). The van der Waals surface area contributed by atoms with E-state index in [0.29, 0.717) is 22.8 Å². The predicted molar refractivity (Wildman–Crippen MR) is 121 cm³/mol. The van der Waals surface area contributed by atoms with E-state index in [2.05, 4.69) is 20.4 Å². The Morgan fingerprint density at radius 3 is 2.41 bits per heavy atom. The number of nitro benzene ring substituents is 2. The van der Waals surface area contributed by atoms with E-state index in [4.69, 9.17) is 5.73 Å². The minimum absolute atomic E-state index is 0.00656. The lowest BCUT2D eigenvalue weighted by molar-refractivity contribution is -0.394. The molecule has 0 fully saturated rings. The van der Waals surface area contributed by atoms with Gasteiger partial charge in [0.2, 0.25) is 5.96 Å². The number of aliphatic imine (C=N–C) groups is 2. The van der Waals surface area contributed by atoms with Gasteiger partial charge in [-0.3, -0.25) is 25.5 Å². The van der Waals surface area contributed by atoms with E-state index in [-0.39, 0.29) is 11.6 Å². The van der Waals surface area contributed by atoms with Gasteiger partial charge in [0, 0.05) is 37.5 Å². The summed E-state index contributed by atoms with van der Waals surface area (Å²) in [6, 6.07) is 8.74. The maximum atomic E-state index is 13.5. The van der Waals surface area contributed by atoms with E-state index >= 15 is 0 Å². The van der Waals surface area contributed by atoms with Crippen molar-refractivity contribution in [2.75, 3.05) is 14.1 Å². The van der Waals surface area contributed by atoms with E-state index in [9.17, 15) is 24.6 Å². The van der Waals surface area contributed by atoms with Crippen LogP contribution in [0.15, 0.2) is 58.6 Å². The highest BCUT2D eigenvalue weighted by molar-refractivity contribution is 5.99. The summed E-state index contributed by atoms with van der Waals surface area (Å²) < 4.78 is 14.8. The first-order valence-corrected chi connectivity index (χ1v) is 9.78. The van der Waals surface area contributed by atoms with Gasteiger partial charge >= 0.3 is 5.69 Å². The molecule has 1 aliphatic rings. The van der Waals surface area contributed by atoms with Crippen LogP contribution in [0.5, 0.6) is 0 Å². The molecule has 3 N–H and O–H groups in total. The Balaban J connectivity index is 1.92. The van der Waals surface area contributed by atoms with Crippen molar-refractivity contribution >= 4 is 23.3 Å². The Morgan fingerprint density at radius 2 is 1.79 bits per heavy atom. The van der Waals surface area contributed by atoms with Crippen LogP contribution in [0.25, 0.3) is 16.9 Å². The molecule has 0 saturated carbocycles. The Bertz CT molecular complexity index is 1350. The Labute approximate surface area is 191 Å².